The first kappa shape index (κ1) is 14.3. The van der Waals surface area contributed by atoms with Crippen LogP contribution in [-0.2, 0) is 19.4 Å². The van der Waals surface area contributed by atoms with Gasteiger partial charge in [0.25, 0.3) is 0 Å². The minimum atomic E-state index is 0.498. The zero-order chi connectivity index (χ0) is 14.7. The maximum Gasteiger partial charge on any atom is 0.246 e. The minimum Gasteiger partial charge on any atom is -0.344 e. The maximum absolute atomic E-state index is 5.33. The van der Waals surface area contributed by atoms with E-state index >= 15 is 0 Å². The van der Waals surface area contributed by atoms with Gasteiger partial charge in [-0.3, -0.25) is 0 Å². The molecule has 0 fully saturated rings. The predicted molar refractivity (Wildman–Crippen MR) is 81.2 cm³/mol. The van der Waals surface area contributed by atoms with Gasteiger partial charge in [0, 0.05) is 24.9 Å². The second-order valence-corrected chi connectivity index (χ2v) is 5.77. The van der Waals surface area contributed by atoms with Gasteiger partial charge in [0.2, 0.25) is 5.89 Å². The topological polar surface area (TPSA) is 55.9 Å². The minimum absolute atomic E-state index is 0.498. The number of aromatic nitrogens is 3. The van der Waals surface area contributed by atoms with Crippen LogP contribution in [0.25, 0.3) is 0 Å². The molecule has 0 bridgehead atoms. The molecular weight excluding hydrogens is 264 g/mol. The largest absolute Gasteiger partial charge is 0.344 e. The molecule has 114 valence electrons. The van der Waals surface area contributed by atoms with Crippen molar-refractivity contribution in [2.24, 2.45) is 0 Å². The molecule has 2 aromatic rings. The molecule has 5 nitrogen and oxygen atoms in total. The summed E-state index contributed by atoms with van der Waals surface area (Å²) in [6.07, 6.45) is 10.1. The number of hydrogen-bond acceptors (Lipinski definition) is 4. The molecule has 1 aliphatic carbocycles. The Morgan fingerprint density at radius 1 is 1.38 bits per heavy atom. The first-order valence-corrected chi connectivity index (χ1v) is 8.03. The van der Waals surface area contributed by atoms with Crippen LogP contribution in [-0.4, -0.2) is 21.3 Å². The van der Waals surface area contributed by atoms with E-state index in [1.165, 1.54) is 30.4 Å². The molecule has 0 radical (unpaired) electrons. The van der Waals surface area contributed by atoms with Crippen LogP contribution in [0, 0.1) is 0 Å². The number of aryl methyl sites for hydroxylation is 2. The van der Waals surface area contributed by atoms with Crippen LogP contribution in [0.5, 0.6) is 0 Å². The lowest BCUT2D eigenvalue weighted by molar-refractivity contribution is 0.366. The monoisotopic (exact) mass is 288 g/mol. The molecule has 0 saturated heterocycles. The lowest BCUT2D eigenvalue weighted by atomic mass is 9.91. The van der Waals surface area contributed by atoms with Crippen LogP contribution in [0.4, 0.5) is 0 Å². The average molecular weight is 288 g/mol. The van der Waals surface area contributed by atoms with E-state index < -0.39 is 0 Å². The number of fused-ring (bicyclic) bond motifs is 1. The van der Waals surface area contributed by atoms with E-state index in [0.29, 0.717) is 18.5 Å². The summed E-state index contributed by atoms with van der Waals surface area (Å²) in [4.78, 5) is 4.44. The second-order valence-electron chi connectivity index (χ2n) is 5.77. The molecule has 0 aromatic carbocycles. The van der Waals surface area contributed by atoms with Gasteiger partial charge in [-0.05, 0) is 43.4 Å². The molecule has 2 aromatic heterocycles. The molecule has 0 saturated carbocycles. The highest BCUT2D eigenvalue weighted by atomic mass is 16.5. The van der Waals surface area contributed by atoms with Crippen molar-refractivity contribution in [3.8, 4) is 0 Å². The summed E-state index contributed by atoms with van der Waals surface area (Å²) in [6, 6.07) is 0.498. The lowest BCUT2D eigenvalue weighted by Gasteiger charge is -2.22. The summed E-state index contributed by atoms with van der Waals surface area (Å²) in [5, 5.41) is 7.59. The van der Waals surface area contributed by atoms with Crippen molar-refractivity contribution < 1.29 is 4.52 Å². The van der Waals surface area contributed by atoms with Gasteiger partial charge >= 0.3 is 0 Å². The van der Waals surface area contributed by atoms with E-state index in [4.69, 9.17) is 4.52 Å². The van der Waals surface area contributed by atoms with Crippen molar-refractivity contribution in [1.82, 2.24) is 20.0 Å². The third-order valence-electron chi connectivity index (χ3n) is 4.06. The third-order valence-corrected chi connectivity index (χ3v) is 4.06. The first-order valence-electron chi connectivity index (χ1n) is 8.03. The van der Waals surface area contributed by atoms with Crippen LogP contribution in [0.2, 0.25) is 0 Å². The molecule has 3 rings (SSSR count). The van der Waals surface area contributed by atoms with E-state index in [1.807, 2.05) is 0 Å². The fraction of sp³-hybridized carbons (Fsp3) is 0.625. The summed E-state index contributed by atoms with van der Waals surface area (Å²) in [5.41, 5.74) is 2.90. The highest BCUT2D eigenvalue weighted by molar-refractivity contribution is 5.30. The highest BCUT2D eigenvalue weighted by Gasteiger charge is 2.21. The van der Waals surface area contributed by atoms with Crippen molar-refractivity contribution in [3.05, 3.63) is 35.2 Å². The Kier molecular flexibility index (Phi) is 4.39. The van der Waals surface area contributed by atoms with Crippen LogP contribution in [0.15, 0.2) is 16.9 Å². The fourth-order valence-corrected chi connectivity index (χ4v) is 3.13. The Morgan fingerprint density at radius 3 is 3.10 bits per heavy atom. The van der Waals surface area contributed by atoms with Crippen molar-refractivity contribution in [2.75, 3.05) is 6.54 Å². The summed E-state index contributed by atoms with van der Waals surface area (Å²) in [5.74, 6) is 1.51. The van der Waals surface area contributed by atoms with Gasteiger partial charge in [0.05, 0.1) is 0 Å². The SMILES string of the molecule is CCCc1noc(Cn2cc3c(c2)C(NCC)CCC3)n1. The molecule has 2 heterocycles. The zero-order valence-electron chi connectivity index (χ0n) is 12.9. The van der Waals surface area contributed by atoms with Gasteiger partial charge < -0.3 is 14.4 Å². The van der Waals surface area contributed by atoms with E-state index in [9.17, 15) is 0 Å². The quantitative estimate of drug-likeness (QED) is 0.888. The van der Waals surface area contributed by atoms with Crippen LogP contribution in [0.1, 0.15) is 62.0 Å². The van der Waals surface area contributed by atoms with Crippen molar-refractivity contribution >= 4 is 0 Å². The average Bonchev–Trinajstić information content (AvgIpc) is 3.07. The summed E-state index contributed by atoms with van der Waals surface area (Å²) >= 11 is 0. The third kappa shape index (κ3) is 3.18. The van der Waals surface area contributed by atoms with Gasteiger partial charge in [0.1, 0.15) is 6.54 Å². The first-order chi connectivity index (χ1) is 10.3. The zero-order valence-corrected chi connectivity index (χ0v) is 12.9. The van der Waals surface area contributed by atoms with Crippen LogP contribution in [0.3, 0.4) is 0 Å². The van der Waals surface area contributed by atoms with Crippen molar-refractivity contribution in [2.45, 2.75) is 58.5 Å². The summed E-state index contributed by atoms with van der Waals surface area (Å²) in [7, 11) is 0. The molecule has 0 spiro atoms. The van der Waals surface area contributed by atoms with E-state index in [0.717, 1.165) is 25.2 Å². The van der Waals surface area contributed by atoms with Gasteiger partial charge in [-0.2, -0.15) is 4.98 Å². The second kappa shape index (κ2) is 6.43. The number of rotatable bonds is 6. The standard InChI is InChI=1S/C16H24N4O/c1-3-6-15-18-16(21-19-15)11-20-9-12-7-5-8-14(17-4-2)13(12)10-20/h9-10,14,17H,3-8,11H2,1-2H3. The summed E-state index contributed by atoms with van der Waals surface area (Å²) < 4.78 is 7.51. The number of nitrogens with zero attached hydrogens (tertiary/aromatic N) is 3. The van der Waals surface area contributed by atoms with Crippen LogP contribution >= 0.6 is 0 Å². The van der Waals surface area contributed by atoms with E-state index in [2.05, 4.69) is 46.3 Å². The highest BCUT2D eigenvalue weighted by Crippen LogP contribution is 2.30. The molecule has 1 atom stereocenters. The smallest absolute Gasteiger partial charge is 0.246 e. The Hall–Kier alpha value is -1.62. The molecular formula is C16H24N4O. The normalized spacial score (nSPS) is 17.9. The Bertz CT molecular complexity index is 587. The van der Waals surface area contributed by atoms with Gasteiger partial charge in [0.15, 0.2) is 5.82 Å². The van der Waals surface area contributed by atoms with Gasteiger partial charge in [-0.1, -0.05) is 19.0 Å². The number of hydrogen-bond donors (Lipinski definition) is 1. The van der Waals surface area contributed by atoms with Crippen LogP contribution < -0.4 is 5.32 Å². The molecule has 1 N–H and O–H groups in total. The Morgan fingerprint density at radius 2 is 2.29 bits per heavy atom. The van der Waals surface area contributed by atoms with Crippen molar-refractivity contribution in [1.29, 1.82) is 0 Å². The Balaban J connectivity index is 1.74. The number of nitrogens with one attached hydrogen (secondary N) is 1. The van der Waals surface area contributed by atoms with E-state index in [1.54, 1.807) is 0 Å². The molecule has 5 heteroatoms. The molecule has 1 aliphatic rings. The van der Waals surface area contributed by atoms with Gasteiger partial charge in [-0.25, -0.2) is 0 Å². The van der Waals surface area contributed by atoms with E-state index in [-0.39, 0.29) is 0 Å². The molecule has 1 unspecified atom stereocenters. The van der Waals surface area contributed by atoms with Gasteiger partial charge in [-0.15, -0.1) is 0 Å². The summed E-state index contributed by atoms with van der Waals surface area (Å²) in [6.45, 7) is 5.97. The predicted octanol–water partition coefficient (Wildman–Crippen LogP) is 2.86. The molecule has 21 heavy (non-hydrogen) atoms. The fourth-order valence-electron chi connectivity index (χ4n) is 3.13. The molecule has 0 aliphatic heterocycles. The Labute approximate surface area is 125 Å². The molecule has 0 amide bonds. The maximum atomic E-state index is 5.33. The van der Waals surface area contributed by atoms with Crippen molar-refractivity contribution in [3.63, 3.8) is 0 Å². The lowest BCUT2D eigenvalue weighted by Crippen LogP contribution is -2.23.